The van der Waals surface area contributed by atoms with Crippen LogP contribution in [0.2, 0.25) is 0 Å². The van der Waals surface area contributed by atoms with Gasteiger partial charge in [-0.25, -0.2) is 9.78 Å². The largest absolute Gasteiger partial charge is 0.442 e. The highest BCUT2D eigenvalue weighted by molar-refractivity contribution is 5.56. The van der Waals surface area contributed by atoms with Crippen molar-refractivity contribution in [2.24, 2.45) is 0 Å². The van der Waals surface area contributed by atoms with Crippen molar-refractivity contribution < 1.29 is 8.94 Å². The van der Waals surface area contributed by atoms with Gasteiger partial charge in [0.2, 0.25) is 5.89 Å². The minimum absolute atomic E-state index is 0.208. The number of oxazole rings is 1. The zero-order chi connectivity index (χ0) is 14.1. The molecule has 20 heavy (non-hydrogen) atoms. The van der Waals surface area contributed by atoms with Crippen LogP contribution in [0.3, 0.4) is 0 Å². The highest BCUT2D eigenvalue weighted by Gasteiger charge is 2.11. The lowest BCUT2D eigenvalue weighted by atomic mass is 10.1. The Hall–Kier alpha value is -2.63. The third-order valence-corrected chi connectivity index (χ3v) is 3.05. The van der Waals surface area contributed by atoms with Crippen LogP contribution in [0.1, 0.15) is 17.3 Å². The maximum atomic E-state index is 11.4. The summed E-state index contributed by atoms with van der Waals surface area (Å²) in [5, 5.41) is 3.59. The summed E-state index contributed by atoms with van der Waals surface area (Å²) in [6.07, 6.45) is 1.65. The van der Waals surface area contributed by atoms with Gasteiger partial charge in [0.1, 0.15) is 6.54 Å². The van der Waals surface area contributed by atoms with Crippen molar-refractivity contribution in [3.05, 3.63) is 58.3 Å². The molecule has 0 amide bonds. The molecule has 2 heterocycles. The van der Waals surface area contributed by atoms with Gasteiger partial charge < -0.3 is 4.42 Å². The number of hydrogen-bond donors (Lipinski definition) is 0. The van der Waals surface area contributed by atoms with Crippen LogP contribution in [0, 0.1) is 13.8 Å². The van der Waals surface area contributed by atoms with Crippen molar-refractivity contribution in [2.45, 2.75) is 20.4 Å². The smallest absolute Gasteiger partial charge is 0.439 e. The zero-order valence-corrected chi connectivity index (χ0v) is 11.2. The molecule has 0 aliphatic heterocycles. The molecular weight excluding hydrogens is 258 g/mol. The van der Waals surface area contributed by atoms with Gasteiger partial charge in [-0.05, 0) is 13.8 Å². The second-order valence-corrected chi connectivity index (χ2v) is 4.57. The first-order valence-corrected chi connectivity index (χ1v) is 6.18. The number of aromatic nitrogens is 3. The minimum Gasteiger partial charge on any atom is -0.439 e. The van der Waals surface area contributed by atoms with Gasteiger partial charge >= 0.3 is 5.76 Å². The molecule has 0 saturated carbocycles. The second kappa shape index (κ2) is 4.80. The first-order chi connectivity index (χ1) is 9.63. The Bertz CT molecular complexity index is 781. The Morgan fingerprint density at radius 3 is 2.60 bits per heavy atom. The van der Waals surface area contributed by atoms with Crippen molar-refractivity contribution in [3.63, 3.8) is 0 Å². The van der Waals surface area contributed by atoms with E-state index >= 15 is 0 Å². The van der Waals surface area contributed by atoms with E-state index in [-0.39, 0.29) is 6.54 Å². The lowest BCUT2D eigenvalue weighted by molar-refractivity contribution is 0.372. The molecule has 0 saturated heterocycles. The van der Waals surface area contributed by atoms with E-state index in [1.165, 1.54) is 10.1 Å². The van der Waals surface area contributed by atoms with Gasteiger partial charge in [-0.2, -0.15) is 0 Å². The maximum absolute atomic E-state index is 11.4. The standard InChI is InChI=1S/C14H13N3O3/c1-9-3-5-11(6-4-9)12-7-15-13(19-12)8-17-10(2)16-20-14(17)18/h3-7H,8H2,1-2H3. The molecule has 0 unspecified atom stereocenters. The highest BCUT2D eigenvalue weighted by Crippen LogP contribution is 2.21. The average Bonchev–Trinajstić information content (AvgIpc) is 3.02. The van der Waals surface area contributed by atoms with Crippen LogP contribution in [0.15, 0.2) is 44.2 Å². The highest BCUT2D eigenvalue weighted by atomic mass is 16.5. The molecule has 0 N–H and O–H groups in total. The van der Waals surface area contributed by atoms with Crippen molar-refractivity contribution in [2.75, 3.05) is 0 Å². The molecule has 6 heteroatoms. The Morgan fingerprint density at radius 2 is 1.95 bits per heavy atom. The fourth-order valence-electron chi connectivity index (χ4n) is 1.88. The molecule has 0 atom stereocenters. The van der Waals surface area contributed by atoms with Crippen molar-refractivity contribution in [1.82, 2.24) is 14.7 Å². The second-order valence-electron chi connectivity index (χ2n) is 4.57. The topological polar surface area (TPSA) is 74.1 Å². The van der Waals surface area contributed by atoms with Crippen LogP contribution in [-0.2, 0) is 6.54 Å². The minimum atomic E-state index is -0.516. The van der Waals surface area contributed by atoms with E-state index < -0.39 is 5.76 Å². The van der Waals surface area contributed by atoms with Crippen molar-refractivity contribution >= 4 is 0 Å². The number of benzene rings is 1. The van der Waals surface area contributed by atoms with Gasteiger partial charge in [0.05, 0.1) is 6.20 Å². The predicted molar refractivity (Wildman–Crippen MR) is 71.3 cm³/mol. The van der Waals surface area contributed by atoms with Gasteiger partial charge in [-0.1, -0.05) is 35.0 Å². The molecule has 2 aromatic heterocycles. The maximum Gasteiger partial charge on any atom is 0.442 e. The zero-order valence-electron chi connectivity index (χ0n) is 11.2. The van der Waals surface area contributed by atoms with Gasteiger partial charge in [0.15, 0.2) is 11.6 Å². The fourth-order valence-corrected chi connectivity index (χ4v) is 1.88. The third kappa shape index (κ3) is 2.27. The summed E-state index contributed by atoms with van der Waals surface area (Å²) >= 11 is 0. The molecule has 6 nitrogen and oxygen atoms in total. The quantitative estimate of drug-likeness (QED) is 0.729. The molecular formula is C14H13N3O3. The first kappa shape index (κ1) is 12.4. The van der Waals surface area contributed by atoms with Crippen LogP contribution in [0.5, 0.6) is 0 Å². The van der Waals surface area contributed by atoms with Crippen molar-refractivity contribution in [3.8, 4) is 11.3 Å². The van der Waals surface area contributed by atoms with Crippen LogP contribution in [0.4, 0.5) is 0 Å². The monoisotopic (exact) mass is 271 g/mol. The van der Waals surface area contributed by atoms with Gasteiger partial charge in [-0.15, -0.1) is 0 Å². The number of aryl methyl sites for hydroxylation is 2. The summed E-state index contributed by atoms with van der Waals surface area (Å²) in [5.41, 5.74) is 2.13. The molecule has 3 aromatic rings. The lowest BCUT2D eigenvalue weighted by Crippen LogP contribution is -2.16. The Morgan fingerprint density at radius 1 is 1.20 bits per heavy atom. The van der Waals surface area contributed by atoms with E-state index in [4.69, 9.17) is 4.42 Å². The summed E-state index contributed by atoms with van der Waals surface area (Å²) in [6, 6.07) is 7.95. The van der Waals surface area contributed by atoms with Crippen LogP contribution < -0.4 is 5.76 Å². The third-order valence-electron chi connectivity index (χ3n) is 3.05. The molecule has 0 aliphatic rings. The van der Waals surface area contributed by atoms with E-state index in [0.29, 0.717) is 17.5 Å². The summed E-state index contributed by atoms with van der Waals surface area (Å²) < 4.78 is 11.6. The predicted octanol–water partition coefficient (Wildman–Crippen LogP) is 2.16. The van der Waals surface area contributed by atoms with E-state index in [1.54, 1.807) is 13.1 Å². The SMILES string of the molecule is Cc1ccc(-c2cnc(Cn3c(C)noc3=O)o2)cc1. The molecule has 0 bridgehead atoms. The first-order valence-electron chi connectivity index (χ1n) is 6.18. The molecule has 1 aromatic carbocycles. The van der Waals surface area contributed by atoms with E-state index in [0.717, 1.165) is 5.56 Å². The number of hydrogen-bond acceptors (Lipinski definition) is 5. The summed E-state index contributed by atoms with van der Waals surface area (Å²) in [7, 11) is 0. The molecule has 102 valence electrons. The lowest BCUT2D eigenvalue weighted by Gasteiger charge is -1.98. The average molecular weight is 271 g/mol. The Labute approximate surface area is 114 Å². The summed E-state index contributed by atoms with van der Waals surface area (Å²) in [5.74, 6) is 1.08. The van der Waals surface area contributed by atoms with Crippen molar-refractivity contribution in [1.29, 1.82) is 0 Å². The van der Waals surface area contributed by atoms with E-state index in [9.17, 15) is 4.79 Å². The molecule has 0 radical (unpaired) electrons. The Balaban J connectivity index is 1.87. The summed E-state index contributed by atoms with van der Waals surface area (Å²) in [4.78, 5) is 15.6. The normalized spacial score (nSPS) is 10.9. The number of rotatable bonds is 3. The Kier molecular flexibility index (Phi) is 2.98. The molecule has 0 aliphatic carbocycles. The van der Waals surface area contributed by atoms with E-state index in [2.05, 4.69) is 14.7 Å². The summed E-state index contributed by atoms with van der Waals surface area (Å²) in [6.45, 7) is 3.92. The fraction of sp³-hybridized carbons (Fsp3) is 0.214. The van der Waals surface area contributed by atoms with Gasteiger partial charge in [-0.3, -0.25) is 9.09 Å². The number of nitrogens with zero attached hydrogens (tertiary/aromatic N) is 3. The van der Waals surface area contributed by atoms with Crippen LogP contribution in [-0.4, -0.2) is 14.7 Å². The molecule has 0 fully saturated rings. The molecule has 0 spiro atoms. The van der Waals surface area contributed by atoms with E-state index in [1.807, 2.05) is 31.2 Å². The van der Waals surface area contributed by atoms with Crippen LogP contribution in [0.25, 0.3) is 11.3 Å². The van der Waals surface area contributed by atoms with Gasteiger partial charge in [0.25, 0.3) is 0 Å². The van der Waals surface area contributed by atoms with Gasteiger partial charge in [0, 0.05) is 5.56 Å². The molecule has 3 rings (SSSR count). The van der Waals surface area contributed by atoms with Crippen LogP contribution >= 0.6 is 0 Å².